The van der Waals surface area contributed by atoms with Crippen LogP contribution >= 0.6 is 0 Å². The standard InChI is InChI=1S/C12H23N3O4/c1-3-19-9(2)8-14-11(16)12(10(13)15-17)4-6-18-7-5-12/h9,17H,3-8H2,1-2H3,(H2,13,15)(H,14,16). The summed E-state index contributed by atoms with van der Waals surface area (Å²) in [6.45, 7) is 5.61. The largest absolute Gasteiger partial charge is 0.409 e. The van der Waals surface area contributed by atoms with Crippen molar-refractivity contribution >= 4 is 11.7 Å². The molecular weight excluding hydrogens is 250 g/mol. The second-order valence-electron chi connectivity index (χ2n) is 4.66. The summed E-state index contributed by atoms with van der Waals surface area (Å²) in [4.78, 5) is 12.3. The average molecular weight is 273 g/mol. The third kappa shape index (κ3) is 3.81. The number of rotatable bonds is 6. The highest BCUT2D eigenvalue weighted by molar-refractivity contribution is 6.06. The zero-order valence-corrected chi connectivity index (χ0v) is 11.5. The first-order valence-corrected chi connectivity index (χ1v) is 6.52. The number of nitrogens with two attached hydrogens (primary N) is 1. The van der Waals surface area contributed by atoms with Gasteiger partial charge in [0.15, 0.2) is 5.84 Å². The van der Waals surface area contributed by atoms with Crippen LogP contribution in [0.1, 0.15) is 26.7 Å². The molecule has 1 rings (SSSR count). The van der Waals surface area contributed by atoms with Gasteiger partial charge in [0.05, 0.1) is 6.10 Å². The van der Waals surface area contributed by atoms with Gasteiger partial charge in [-0.15, -0.1) is 0 Å². The molecule has 1 fully saturated rings. The molecule has 0 aromatic rings. The van der Waals surface area contributed by atoms with Crippen molar-refractivity contribution in [2.75, 3.05) is 26.4 Å². The van der Waals surface area contributed by atoms with Gasteiger partial charge in [-0.05, 0) is 26.7 Å². The van der Waals surface area contributed by atoms with Crippen molar-refractivity contribution in [3.63, 3.8) is 0 Å². The van der Waals surface area contributed by atoms with Crippen LogP contribution < -0.4 is 11.1 Å². The molecule has 1 saturated heterocycles. The Hall–Kier alpha value is -1.34. The van der Waals surface area contributed by atoms with Crippen molar-refractivity contribution < 1.29 is 19.5 Å². The van der Waals surface area contributed by atoms with Crippen LogP contribution in [0.2, 0.25) is 0 Å². The van der Waals surface area contributed by atoms with Crippen LogP contribution in [0, 0.1) is 5.41 Å². The van der Waals surface area contributed by atoms with Gasteiger partial charge >= 0.3 is 0 Å². The van der Waals surface area contributed by atoms with Crippen LogP contribution in [0.4, 0.5) is 0 Å². The van der Waals surface area contributed by atoms with E-state index in [-0.39, 0.29) is 17.8 Å². The van der Waals surface area contributed by atoms with Gasteiger partial charge < -0.3 is 25.7 Å². The molecular formula is C12H23N3O4. The molecule has 1 heterocycles. The fraction of sp³-hybridized carbons (Fsp3) is 0.833. The van der Waals surface area contributed by atoms with Crippen molar-refractivity contribution in [1.29, 1.82) is 0 Å². The maximum atomic E-state index is 12.3. The van der Waals surface area contributed by atoms with Crippen molar-refractivity contribution in [3.8, 4) is 0 Å². The van der Waals surface area contributed by atoms with E-state index in [0.29, 0.717) is 39.2 Å². The lowest BCUT2D eigenvalue weighted by atomic mass is 9.78. The summed E-state index contributed by atoms with van der Waals surface area (Å²) in [6.07, 6.45) is 0.758. The topological polar surface area (TPSA) is 106 Å². The van der Waals surface area contributed by atoms with Crippen molar-refractivity contribution in [2.24, 2.45) is 16.3 Å². The van der Waals surface area contributed by atoms with Crippen LogP contribution in [0.25, 0.3) is 0 Å². The van der Waals surface area contributed by atoms with Gasteiger partial charge in [-0.2, -0.15) is 0 Å². The Morgan fingerprint density at radius 3 is 2.74 bits per heavy atom. The third-order valence-corrected chi connectivity index (χ3v) is 3.38. The normalized spacial score (nSPS) is 20.8. The molecule has 0 saturated carbocycles. The van der Waals surface area contributed by atoms with E-state index in [0.717, 1.165) is 0 Å². The lowest BCUT2D eigenvalue weighted by Gasteiger charge is -2.34. The van der Waals surface area contributed by atoms with Crippen LogP contribution in [-0.2, 0) is 14.3 Å². The van der Waals surface area contributed by atoms with Gasteiger partial charge in [-0.3, -0.25) is 4.79 Å². The molecule has 0 spiro atoms. The maximum Gasteiger partial charge on any atom is 0.234 e. The monoisotopic (exact) mass is 273 g/mol. The van der Waals surface area contributed by atoms with E-state index >= 15 is 0 Å². The Labute approximate surface area is 113 Å². The summed E-state index contributed by atoms with van der Waals surface area (Å²) in [5.74, 6) is -0.296. The minimum absolute atomic E-state index is 0.0580. The number of ether oxygens (including phenoxy) is 2. The minimum atomic E-state index is -0.973. The Balaban J connectivity index is 2.67. The quantitative estimate of drug-likeness (QED) is 0.275. The second-order valence-corrected chi connectivity index (χ2v) is 4.66. The highest BCUT2D eigenvalue weighted by Gasteiger charge is 2.44. The number of nitrogens with zero attached hydrogens (tertiary/aromatic N) is 1. The van der Waals surface area contributed by atoms with Crippen molar-refractivity contribution in [2.45, 2.75) is 32.8 Å². The van der Waals surface area contributed by atoms with E-state index in [2.05, 4.69) is 10.5 Å². The summed E-state index contributed by atoms with van der Waals surface area (Å²) in [6, 6.07) is 0. The predicted molar refractivity (Wildman–Crippen MR) is 70.0 cm³/mol. The highest BCUT2D eigenvalue weighted by Crippen LogP contribution is 2.31. The number of amides is 1. The SMILES string of the molecule is CCOC(C)CNC(=O)C1(C(N)=NO)CCOCC1. The van der Waals surface area contributed by atoms with Gasteiger partial charge in [-0.1, -0.05) is 5.16 Å². The fourth-order valence-electron chi connectivity index (χ4n) is 2.16. The number of hydrogen-bond donors (Lipinski definition) is 3. The number of hydrogen-bond acceptors (Lipinski definition) is 5. The zero-order chi connectivity index (χ0) is 14.3. The lowest BCUT2D eigenvalue weighted by molar-refractivity contribution is -0.132. The molecule has 1 amide bonds. The molecule has 19 heavy (non-hydrogen) atoms. The van der Waals surface area contributed by atoms with Crippen LogP contribution in [0.5, 0.6) is 0 Å². The number of carbonyl (C=O) groups excluding carboxylic acids is 1. The summed E-state index contributed by atoms with van der Waals surface area (Å²) in [5.41, 5.74) is 4.73. The second kappa shape index (κ2) is 7.30. The lowest BCUT2D eigenvalue weighted by Crippen LogP contribution is -2.53. The number of oxime groups is 1. The number of carbonyl (C=O) groups is 1. The van der Waals surface area contributed by atoms with Gasteiger partial charge in [0.1, 0.15) is 5.41 Å². The van der Waals surface area contributed by atoms with E-state index in [4.69, 9.17) is 20.4 Å². The maximum absolute atomic E-state index is 12.3. The average Bonchev–Trinajstić information content (AvgIpc) is 2.44. The summed E-state index contributed by atoms with van der Waals surface area (Å²) < 4.78 is 10.6. The Morgan fingerprint density at radius 2 is 2.21 bits per heavy atom. The molecule has 7 nitrogen and oxygen atoms in total. The van der Waals surface area contributed by atoms with Crippen LogP contribution in [-0.4, -0.2) is 49.4 Å². The van der Waals surface area contributed by atoms with Crippen molar-refractivity contribution in [1.82, 2.24) is 5.32 Å². The van der Waals surface area contributed by atoms with E-state index in [1.54, 1.807) is 0 Å². The summed E-state index contributed by atoms with van der Waals surface area (Å²) >= 11 is 0. The van der Waals surface area contributed by atoms with E-state index in [1.165, 1.54) is 0 Å². The number of amidine groups is 1. The molecule has 0 bridgehead atoms. The molecule has 1 aliphatic rings. The molecule has 4 N–H and O–H groups in total. The molecule has 0 aromatic carbocycles. The molecule has 1 unspecified atom stereocenters. The Bertz CT molecular complexity index is 327. The minimum Gasteiger partial charge on any atom is -0.409 e. The fourth-order valence-corrected chi connectivity index (χ4v) is 2.16. The number of nitrogens with one attached hydrogen (secondary N) is 1. The van der Waals surface area contributed by atoms with Crippen LogP contribution in [0.15, 0.2) is 5.16 Å². The first kappa shape index (κ1) is 15.7. The predicted octanol–water partition coefficient (Wildman–Crippen LogP) is 0.0708. The summed E-state index contributed by atoms with van der Waals surface area (Å²) in [5, 5.41) is 14.7. The Morgan fingerprint density at radius 1 is 1.58 bits per heavy atom. The van der Waals surface area contributed by atoms with Gasteiger partial charge in [0, 0.05) is 26.4 Å². The first-order chi connectivity index (χ1) is 9.06. The molecule has 1 atom stereocenters. The Kier molecular flexibility index (Phi) is 6.04. The smallest absolute Gasteiger partial charge is 0.234 e. The van der Waals surface area contributed by atoms with Crippen molar-refractivity contribution in [3.05, 3.63) is 0 Å². The van der Waals surface area contributed by atoms with E-state index in [9.17, 15) is 4.79 Å². The highest BCUT2D eigenvalue weighted by atomic mass is 16.5. The molecule has 110 valence electrons. The first-order valence-electron chi connectivity index (χ1n) is 6.52. The molecule has 0 aliphatic carbocycles. The van der Waals surface area contributed by atoms with E-state index < -0.39 is 5.41 Å². The molecule has 7 heteroatoms. The van der Waals surface area contributed by atoms with Gasteiger partial charge in [0.25, 0.3) is 0 Å². The zero-order valence-electron chi connectivity index (χ0n) is 11.5. The molecule has 0 aromatic heterocycles. The molecule has 1 aliphatic heterocycles. The van der Waals surface area contributed by atoms with Gasteiger partial charge in [-0.25, -0.2) is 0 Å². The van der Waals surface area contributed by atoms with E-state index in [1.807, 2.05) is 13.8 Å². The van der Waals surface area contributed by atoms with Crippen LogP contribution in [0.3, 0.4) is 0 Å². The molecule has 0 radical (unpaired) electrons. The van der Waals surface area contributed by atoms with Gasteiger partial charge in [0.2, 0.25) is 5.91 Å². The third-order valence-electron chi connectivity index (χ3n) is 3.38. The summed E-state index contributed by atoms with van der Waals surface area (Å²) in [7, 11) is 0.